The number of nitrogens with one attached hydrogen (secondary N) is 1. The van der Waals surface area contributed by atoms with Crippen molar-refractivity contribution in [2.45, 2.75) is 19.3 Å². The zero-order chi connectivity index (χ0) is 19.8. The van der Waals surface area contributed by atoms with Crippen LogP contribution in [0.25, 0.3) is 11.0 Å². The molecule has 1 N–H and O–H groups in total. The number of rotatable bonds is 1. The molecule has 5 rings (SSSR count). The lowest BCUT2D eigenvalue weighted by atomic mass is 9.78. The van der Waals surface area contributed by atoms with E-state index in [1.807, 2.05) is 18.2 Å². The number of hydrogen-bond donors (Lipinski definition) is 1. The third-order valence-electron chi connectivity index (χ3n) is 6.04. The van der Waals surface area contributed by atoms with Crippen molar-refractivity contribution < 1.29 is 4.74 Å². The average molecular weight is 390 g/mol. The minimum atomic E-state index is -0.145. The Kier molecular flexibility index (Phi) is 4.32. The normalized spacial score (nSPS) is 18.2. The second-order valence-electron chi connectivity index (χ2n) is 7.83. The topological polar surface area (TPSA) is 88.9 Å². The van der Waals surface area contributed by atoms with Crippen molar-refractivity contribution in [2.24, 2.45) is 12.5 Å². The molecule has 2 saturated heterocycles. The molecule has 148 valence electrons. The summed E-state index contributed by atoms with van der Waals surface area (Å²) in [6, 6.07) is 5.52. The Balaban J connectivity index is 1.46. The molecule has 3 aromatic rings. The highest BCUT2D eigenvalue weighted by Crippen LogP contribution is 2.39. The molecule has 2 aliphatic heterocycles. The molecule has 0 radical (unpaired) electrons. The molecule has 2 fully saturated rings. The third kappa shape index (κ3) is 3.17. The maximum atomic E-state index is 13.1. The molecule has 0 saturated carbocycles. The van der Waals surface area contributed by atoms with Gasteiger partial charge in [-0.05, 0) is 48.7 Å². The molecule has 0 aromatic carbocycles. The van der Waals surface area contributed by atoms with E-state index in [0.717, 1.165) is 45.6 Å². The quantitative estimate of drug-likeness (QED) is 0.633. The number of hydrogen-bond acceptors (Lipinski definition) is 6. The summed E-state index contributed by atoms with van der Waals surface area (Å²) in [6.45, 7) is 3.44. The van der Waals surface area contributed by atoms with E-state index in [1.54, 1.807) is 17.8 Å². The van der Waals surface area contributed by atoms with E-state index < -0.39 is 0 Å². The molecule has 0 amide bonds. The first-order chi connectivity index (χ1) is 14.2. The summed E-state index contributed by atoms with van der Waals surface area (Å²) in [4.78, 5) is 24.1. The van der Waals surface area contributed by atoms with Crippen LogP contribution in [0.2, 0.25) is 0 Å². The summed E-state index contributed by atoms with van der Waals surface area (Å²) in [5.74, 6) is 6.59. The second kappa shape index (κ2) is 7.01. The molecule has 0 aliphatic carbocycles. The van der Waals surface area contributed by atoms with E-state index >= 15 is 0 Å². The first kappa shape index (κ1) is 17.9. The Hall–Kier alpha value is -3.18. The fourth-order valence-electron chi connectivity index (χ4n) is 4.21. The summed E-state index contributed by atoms with van der Waals surface area (Å²) in [5, 5.41) is 7.51. The van der Waals surface area contributed by atoms with Crippen molar-refractivity contribution >= 4 is 17.0 Å². The molecular weight excluding hydrogens is 368 g/mol. The molecule has 1 spiro atoms. The van der Waals surface area contributed by atoms with Crippen molar-refractivity contribution in [2.75, 3.05) is 31.2 Å². The lowest BCUT2D eigenvalue weighted by molar-refractivity contribution is 0.133. The van der Waals surface area contributed by atoms with Gasteiger partial charge in [0.05, 0.1) is 6.61 Å². The van der Waals surface area contributed by atoms with Crippen LogP contribution in [0.4, 0.5) is 5.95 Å². The van der Waals surface area contributed by atoms with E-state index in [0.29, 0.717) is 33.8 Å². The second-order valence-corrected chi connectivity index (χ2v) is 7.83. The number of ether oxygens (including phenoxy) is 1. The maximum absolute atomic E-state index is 13.1. The Morgan fingerprint density at radius 2 is 2.07 bits per heavy atom. The van der Waals surface area contributed by atoms with E-state index in [4.69, 9.17) is 4.74 Å². The molecule has 8 nitrogen and oxygen atoms in total. The smallest absolute Gasteiger partial charge is 0.267 e. The molecule has 5 heterocycles. The number of nitrogens with zero attached hydrogens (tertiary/aromatic N) is 5. The van der Waals surface area contributed by atoms with Gasteiger partial charge in [0, 0.05) is 32.9 Å². The van der Waals surface area contributed by atoms with Crippen LogP contribution in [0.15, 0.2) is 29.2 Å². The van der Waals surface area contributed by atoms with Gasteiger partial charge in [0.1, 0.15) is 16.8 Å². The van der Waals surface area contributed by atoms with E-state index in [-0.39, 0.29) is 5.56 Å². The number of fused-ring (bicyclic) bond motifs is 1. The van der Waals surface area contributed by atoms with Crippen LogP contribution in [0.3, 0.4) is 0 Å². The van der Waals surface area contributed by atoms with Gasteiger partial charge in [-0.2, -0.15) is 10.1 Å². The van der Waals surface area contributed by atoms with Gasteiger partial charge in [-0.1, -0.05) is 6.07 Å². The fraction of sp³-hybridized carbons (Fsp3) is 0.429. The van der Waals surface area contributed by atoms with Crippen molar-refractivity contribution in [1.29, 1.82) is 0 Å². The summed E-state index contributed by atoms with van der Waals surface area (Å²) >= 11 is 0. The van der Waals surface area contributed by atoms with Gasteiger partial charge in [0.2, 0.25) is 5.95 Å². The molecule has 0 bridgehead atoms. The van der Waals surface area contributed by atoms with Gasteiger partial charge in [-0.3, -0.25) is 14.5 Å². The first-order valence-corrected chi connectivity index (χ1v) is 9.86. The van der Waals surface area contributed by atoms with Crippen molar-refractivity contribution in [3.05, 3.63) is 46.1 Å². The van der Waals surface area contributed by atoms with Gasteiger partial charge >= 0.3 is 0 Å². The van der Waals surface area contributed by atoms with Gasteiger partial charge < -0.3 is 9.64 Å². The predicted molar refractivity (Wildman–Crippen MR) is 109 cm³/mol. The minimum absolute atomic E-state index is 0.145. The van der Waals surface area contributed by atoms with Crippen molar-refractivity contribution in [3.8, 4) is 11.8 Å². The van der Waals surface area contributed by atoms with Crippen LogP contribution in [0.5, 0.6) is 0 Å². The standard InChI is InChI=1S/C21H22N6O2/c1-26-19(28)17-16(6-5-15-4-2-3-10-22-15)24-25-18(17)23-20(26)27-11-7-21(8-12-27)9-13-29-14-21/h2-4,10H,7-9,11-14H2,1H3,(H,24,25). The highest BCUT2D eigenvalue weighted by atomic mass is 16.5. The average Bonchev–Trinajstić information content (AvgIpc) is 3.38. The molecule has 0 unspecified atom stereocenters. The Bertz CT molecular complexity index is 1150. The summed E-state index contributed by atoms with van der Waals surface area (Å²) < 4.78 is 7.22. The van der Waals surface area contributed by atoms with Crippen LogP contribution in [-0.4, -0.2) is 51.0 Å². The molecule has 3 aromatic heterocycles. The Labute approximate surface area is 167 Å². The van der Waals surface area contributed by atoms with Crippen LogP contribution in [0.1, 0.15) is 30.7 Å². The van der Waals surface area contributed by atoms with Crippen molar-refractivity contribution in [3.63, 3.8) is 0 Å². The molecular formula is C21H22N6O2. The van der Waals surface area contributed by atoms with E-state index in [9.17, 15) is 4.79 Å². The number of aromatic amines is 1. The number of anilines is 1. The largest absolute Gasteiger partial charge is 0.381 e. The maximum Gasteiger partial charge on any atom is 0.267 e. The third-order valence-corrected chi connectivity index (χ3v) is 6.04. The van der Waals surface area contributed by atoms with E-state index in [1.165, 1.54) is 0 Å². The van der Waals surface area contributed by atoms with Gasteiger partial charge in [0.15, 0.2) is 5.65 Å². The van der Waals surface area contributed by atoms with Crippen LogP contribution < -0.4 is 10.5 Å². The number of pyridine rings is 1. The Morgan fingerprint density at radius 3 is 2.79 bits per heavy atom. The minimum Gasteiger partial charge on any atom is -0.381 e. The van der Waals surface area contributed by atoms with Crippen LogP contribution >= 0.6 is 0 Å². The number of H-pyrrole nitrogens is 1. The van der Waals surface area contributed by atoms with E-state index in [2.05, 4.69) is 36.9 Å². The summed E-state index contributed by atoms with van der Waals surface area (Å²) in [5.41, 5.74) is 1.66. The van der Waals surface area contributed by atoms with Gasteiger partial charge in [0.25, 0.3) is 5.56 Å². The number of piperidine rings is 1. The van der Waals surface area contributed by atoms with Gasteiger partial charge in [-0.15, -0.1) is 0 Å². The molecule has 29 heavy (non-hydrogen) atoms. The monoisotopic (exact) mass is 390 g/mol. The zero-order valence-electron chi connectivity index (χ0n) is 16.3. The molecule has 8 heteroatoms. The Morgan fingerprint density at radius 1 is 1.21 bits per heavy atom. The molecule has 0 atom stereocenters. The fourth-order valence-corrected chi connectivity index (χ4v) is 4.21. The van der Waals surface area contributed by atoms with Gasteiger partial charge in [-0.25, -0.2) is 4.98 Å². The summed E-state index contributed by atoms with van der Waals surface area (Å²) in [6.07, 6.45) is 4.93. The zero-order valence-corrected chi connectivity index (χ0v) is 16.3. The highest BCUT2D eigenvalue weighted by molar-refractivity contribution is 5.81. The summed E-state index contributed by atoms with van der Waals surface area (Å²) in [7, 11) is 1.76. The van der Waals surface area contributed by atoms with Crippen molar-refractivity contribution in [1.82, 2.24) is 24.7 Å². The highest BCUT2D eigenvalue weighted by Gasteiger charge is 2.38. The lowest BCUT2D eigenvalue weighted by Gasteiger charge is -2.39. The predicted octanol–water partition coefficient (Wildman–Crippen LogP) is 1.46. The first-order valence-electron chi connectivity index (χ1n) is 9.86. The van der Waals surface area contributed by atoms with Crippen LogP contribution in [-0.2, 0) is 11.8 Å². The SMILES string of the molecule is Cn1c(N2CCC3(CCOC3)CC2)nc2n[nH]c(C#Cc3ccccn3)c2c1=O. The van der Waals surface area contributed by atoms with Crippen LogP contribution in [0, 0.1) is 17.3 Å². The molecule has 2 aliphatic rings. The lowest BCUT2D eigenvalue weighted by Crippen LogP contribution is -2.43. The number of aromatic nitrogens is 5.